The van der Waals surface area contributed by atoms with Crippen molar-refractivity contribution in [1.82, 2.24) is 10.3 Å². The first-order valence-electron chi connectivity index (χ1n) is 9.82. The number of nitrogens with zero attached hydrogens (tertiary/aromatic N) is 2. The van der Waals surface area contributed by atoms with Crippen LogP contribution >= 0.6 is 0 Å². The van der Waals surface area contributed by atoms with Gasteiger partial charge in [-0.2, -0.15) is 0 Å². The first kappa shape index (κ1) is 19.7. The van der Waals surface area contributed by atoms with Gasteiger partial charge in [-0.3, -0.25) is 4.98 Å². The predicted molar refractivity (Wildman–Crippen MR) is 108 cm³/mol. The minimum absolute atomic E-state index is 0.278. The van der Waals surface area contributed by atoms with E-state index in [1.807, 2.05) is 26.0 Å². The van der Waals surface area contributed by atoms with Crippen LogP contribution < -0.4 is 19.7 Å². The number of aromatic nitrogens is 1. The van der Waals surface area contributed by atoms with Crippen LogP contribution in [0.25, 0.3) is 10.9 Å². The number of benzene rings is 1. The number of methoxy groups -OCH3 is 2. The Morgan fingerprint density at radius 1 is 1.07 bits per heavy atom. The average molecular weight is 375 g/mol. The van der Waals surface area contributed by atoms with Crippen molar-refractivity contribution in [2.45, 2.75) is 33.1 Å². The lowest BCUT2D eigenvalue weighted by atomic mass is 9.77. The predicted octanol–water partition coefficient (Wildman–Crippen LogP) is 4.00. The van der Waals surface area contributed by atoms with E-state index in [2.05, 4.69) is 15.2 Å². The number of piperidine rings is 1. The van der Waals surface area contributed by atoms with E-state index in [1.165, 1.54) is 12.6 Å². The van der Waals surface area contributed by atoms with Gasteiger partial charge in [0.05, 0.1) is 31.6 Å². The van der Waals surface area contributed by atoms with Crippen LogP contribution in [0.3, 0.4) is 0 Å². The van der Waals surface area contributed by atoms with Crippen molar-refractivity contribution in [3.05, 3.63) is 24.1 Å². The van der Waals surface area contributed by atoms with E-state index in [9.17, 15) is 4.39 Å². The Bertz CT molecular complexity index is 781. The minimum atomic E-state index is -0.278. The second kappa shape index (κ2) is 8.30. The maximum Gasteiger partial charge on any atom is 0.165 e. The summed E-state index contributed by atoms with van der Waals surface area (Å²) in [7, 11) is 3.18. The van der Waals surface area contributed by atoms with Gasteiger partial charge in [0, 0.05) is 31.1 Å². The van der Waals surface area contributed by atoms with Crippen molar-refractivity contribution in [3.63, 3.8) is 0 Å². The molecule has 2 aromatic rings. The highest BCUT2D eigenvalue weighted by Gasteiger charge is 2.37. The zero-order chi connectivity index (χ0) is 19.4. The summed E-state index contributed by atoms with van der Waals surface area (Å²) in [5.41, 5.74) is 1.75. The van der Waals surface area contributed by atoms with E-state index < -0.39 is 0 Å². The summed E-state index contributed by atoms with van der Waals surface area (Å²) >= 11 is 0. The molecule has 2 aliphatic rings. The van der Waals surface area contributed by atoms with Crippen molar-refractivity contribution < 1.29 is 13.9 Å². The molecule has 0 bridgehead atoms. The summed E-state index contributed by atoms with van der Waals surface area (Å²) in [4.78, 5) is 6.41. The van der Waals surface area contributed by atoms with Crippen LogP contribution in [-0.4, -0.2) is 45.4 Å². The first-order valence-corrected chi connectivity index (χ1v) is 9.82. The fraction of sp³-hybridized carbons (Fsp3) is 0.571. The average Bonchev–Trinajstić information content (AvgIpc) is 3.17. The van der Waals surface area contributed by atoms with Crippen molar-refractivity contribution in [1.29, 1.82) is 0 Å². The second-order valence-corrected chi connectivity index (χ2v) is 7.09. The molecule has 27 heavy (non-hydrogen) atoms. The molecule has 0 radical (unpaired) electrons. The quantitative estimate of drug-likeness (QED) is 0.879. The molecule has 0 saturated carbocycles. The van der Waals surface area contributed by atoms with Gasteiger partial charge >= 0.3 is 0 Å². The van der Waals surface area contributed by atoms with Crippen LogP contribution in [0.2, 0.25) is 0 Å². The van der Waals surface area contributed by atoms with Crippen LogP contribution in [-0.2, 0) is 0 Å². The molecule has 2 saturated heterocycles. The van der Waals surface area contributed by atoms with Crippen LogP contribution in [0, 0.1) is 11.2 Å². The Kier molecular flexibility index (Phi) is 6.05. The van der Waals surface area contributed by atoms with Gasteiger partial charge in [0.15, 0.2) is 17.3 Å². The molecule has 2 fully saturated rings. The highest BCUT2D eigenvalue weighted by Crippen LogP contribution is 2.42. The fourth-order valence-corrected chi connectivity index (χ4v) is 4.23. The Balaban J connectivity index is 0.00000102. The van der Waals surface area contributed by atoms with Crippen LogP contribution in [0.5, 0.6) is 11.5 Å². The van der Waals surface area contributed by atoms with E-state index >= 15 is 0 Å². The lowest BCUT2D eigenvalue weighted by molar-refractivity contribution is 0.247. The number of hydrogen-bond acceptors (Lipinski definition) is 5. The Labute approximate surface area is 160 Å². The third-order valence-electron chi connectivity index (χ3n) is 5.77. The monoisotopic (exact) mass is 375 g/mol. The van der Waals surface area contributed by atoms with Gasteiger partial charge in [-0.15, -0.1) is 0 Å². The van der Waals surface area contributed by atoms with E-state index in [-0.39, 0.29) is 5.82 Å². The molecule has 1 spiro atoms. The third-order valence-corrected chi connectivity index (χ3v) is 5.77. The molecule has 1 aromatic heterocycles. The highest BCUT2D eigenvalue weighted by atomic mass is 19.1. The molecule has 0 amide bonds. The summed E-state index contributed by atoms with van der Waals surface area (Å²) in [6.45, 7) is 7.92. The van der Waals surface area contributed by atoms with E-state index in [0.717, 1.165) is 49.9 Å². The van der Waals surface area contributed by atoms with Gasteiger partial charge in [0.25, 0.3) is 0 Å². The van der Waals surface area contributed by atoms with Gasteiger partial charge in [0.1, 0.15) is 0 Å². The summed E-state index contributed by atoms with van der Waals surface area (Å²) in [5.74, 6) is 0.923. The maximum absolute atomic E-state index is 14.7. The summed E-state index contributed by atoms with van der Waals surface area (Å²) in [6.07, 6.45) is 4.73. The molecule has 148 valence electrons. The molecule has 3 heterocycles. The molecule has 0 unspecified atom stereocenters. The molecule has 2 aliphatic heterocycles. The normalized spacial score (nSPS) is 18.3. The number of anilines is 1. The molecule has 4 rings (SSSR count). The van der Waals surface area contributed by atoms with Gasteiger partial charge in [-0.25, -0.2) is 4.39 Å². The van der Waals surface area contributed by atoms with Gasteiger partial charge in [-0.1, -0.05) is 13.8 Å². The van der Waals surface area contributed by atoms with Crippen LogP contribution in [0.4, 0.5) is 10.1 Å². The number of ether oxygens (including phenoxy) is 2. The SMILES string of the molecule is CC.COc1cc2ncc(F)c(N3CCC4(CCNC4)CC3)c2cc1OC. The van der Waals surface area contributed by atoms with Crippen molar-refractivity contribution in [2.24, 2.45) is 5.41 Å². The zero-order valence-electron chi connectivity index (χ0n) is 16.8. The number of pyridine rings is 1. The smallest absolute Gasteiger partial charge is 0.165 e. The molecule has 0 aliphatic carbocycles. The topological polar surface area (TPSA) is 46.6 Å². The largest absolute Gasteiger partial charge is 0.493 e. The molecule has 0 atom stereocenters. The highest BCUT2D eigenvalue weighted by molar-refractivity contribution is 5.94. The van der Waals surface area contributed by atoms with Gasteiger partial charge in [-0.05, 0) is 37.3 Å². The Hall–Kier alpha value is -2.08. The number of rotatable bonds is 3. The molecule has 6 heteroatoms. The van der Waals surface area contributed by atoms with E-state index in [0.29, 0.717) is 22.6 Å². The molecule has 1 N–H and O–H groups in total. The van der Waals surface area contributed by atoms with Gasteiger partial charge in [0.2, 0.25) is 0 Å². The minimum Gasteiger partial charge on any atom is -0.493 e. The number of hydrogen-bond donors (Lipinski definition) is 1. The second-order valence-electron chi connectivity index (χ2n) is 7.09. The molecule has 5 nitrogen and oxygen atoms in total. The van der Waals surface area contributed by atoms with E-state index in [1.54, 1.807) is 14.2 Å². The molecular weight excluding hydrogens is 345 g/mol. The van der Waals surface area contributed by atoms with Crippen LogP contribution in [0.15, 0.2) is 18.3 Å². The summed E-state index contributed by atoms with van der Waals surface area (Å²) in [6, 6.07) is 3.64. The van der Waals surface area contributed by atoms with Crippen molar-refractivity contribution in [2.75, 3.05) is 45.3 Å². The van der Waals surface area contributed by atoms with Crippen molar-refractivity contribution in [3.8, 4) is 11.5 Å². The maximum atomic E-state index is 14.7. The molecular formula is C21H30FN3O2. The van der Waals surface area contributed by atoms with Crippen LogP contribution in [0.1, 0.15) is 33.1 Å². The number of nitrogens with one attached hydrogen (secondary N) is 1. The number of halogens is 1. The summed E-state index contributed by atoms with van der Waals surface area (Å²) in [5, 5.41) is 4.25. The van der Waals surface area contributed by atoms with E-state index in [4.69, 9.17) is 9.47 Å². The number of fused-ring (bicyclic) bond motifs is 1. The summed E-state index contributed by atoms with van der Waals surface area (Å²) < 4.78 is 25.4. The lowest BCUT2D eigenvalue weighted by Gasteiger charge is -2.40. The lowest BCUT2D eigenvalue weighted by Crippen LogP contribution is -2.41. The first-order chi connectivity index (χ1) is 13.2. The third kappa shape index (κ3) is 3.68. The van der Waals surface area contributed by atoms with Crippen molar-refractivity contribution >= 4 is 16.6 Å². The Morgan fingerprint density at radius 2 is 1.74 bits per heavy atom. The Morgan fingerprint density at radius 3 is 2.33 bits per heavy atom. The van der Waals surface area contributed by atoms with Gasteiger partial charge < -0.3 is 19.7 Å². The zero-order valence-corrected chi connectivity index (χ0v) is 16.8. The molecule has 1 aromatic carbocycles. The fourth-order valence-electron chi connectivity index (χ4n) is 4.23. The standard InChI is InChI=1S/C19H24FN3O2.C2H6/c1-24-16-9-13-15(10-17(16)25-2)22-11-14(20)18(13)23-7-4-19(5-8-23)3-6-21-12-19;1-2/h9-11,21H,3-8,12H2,1-2H3;1-2H3.